The maximum Gasteiger partial charge on any atom is 0.336 e. The van der Waals surface area contributed by atoms with E-state index in [-0.39, 0.29) is 0 Å². The minimum atomic E-state index is -0.930. The molecule has 94 valence electrons. The maximum absolute atomic E-state index is 11.5. The van der Waals surface area contributed by atoms with Crippen molar-refractivity contribution in [1.29, 1.82) is 0 Å². The van der Waals surface area contributed by atoms with Gasteiger partial charge in [-0.15, -0.1) is 0 Å². The van der Waals surface area contributed by atoms with Crippen molar-refractivity contribution in [3.8, 4) is 0 Å². The van der Waals surface area contributed by atoms with E-state index in [0.29, 0.717) is 33.8 Å². The molecule has 0 bridgehead atoms. The first-order valence-electron chi connectivity index (χ1n) is 5.79. The zero-order valence-corrected chi connectivity index (χ0v) is 11.0. The molecular formula is C14H14ClNO2. The predicted molar refractivity (Wildman–Crippen MR) is 72.3 cm³/mol. The molecule has 0 aliphatic rings. The lowest BCUT2D eigenvalue weighted by molar-refractivity contribution is 0.0697. The van der Waals surface area contributed by atoms with Gasteiger partial charge >= 0.3 is 5.97 Å². The van der Waals surface area contributed by atoms with Crippen molar-refractivity contribution in [3.63, 3.8) is 0 Å². The van der Waals surface area contributed by atoms with E-state index in [0.717, 1.165) is 5.56 Å². The molecule has 0 fully saturated rings. The van der Waals surface area contributed by atoms with Crippen LogP contribution in [0.15, 0.2) is 24.4 Å². The van der Waals surface area contributed by atoms with Crippen LogP contribution in [0.3, 0.4) is 0 Å². The van der Waals surface area contributed by atoms with E-state index in [4.69, 9.17) is 11.6 Å². The number of fused-ring (bicyclic) bond motifs is 1. The van der Waals surface area contributed by atoms with E-state index in [1.54, 1.807) is 24.4 Å². The highest BCUT2D eigenvalue weighted by atomic mass is 35.5. The lowest BCUT2D eigenvalue weighted by atomic mass is 9.96. The third-order valence-corrected chi connectivity index (χ3v) is 2.99. The van der Waals surface area contributed by atoms with Crippen LogP contribution in [-0.4, -0.2) is 16.1 Å². The number of hydrogen-bond acceptors (Lipinski definition) is 2. The highest BCUT2D eigenvalue weighted by molar-refractivity contribution is 6.31. The fourth-order valence-electron chi connectivity index (χ4n) is 2.05. The van der Waals surface area contributed by atoms with Gasteiger partial charge in [0.05, 0.1) is 11.1 Å². The van der Waals surface area contributed by atoms with Crippen molar-refractivity contribution in [2.24, 2.45) is 5.92 Å². The van der Waals surface area contributed by atoms with Gasteiger partial charge in [-0.1, -0.05) is 25.4 Å². The van der Waals surface area contributed by atoms with Crippen molar-refractivity contribution in [2.75, 3.05) is 0 Å². The Morgan fingerprint density at radius 2 is 2.17 bits per heavy atom. The maximum atomic E-state index is 11.5. The van der Waals surface area contributed by atoms with Crippen LogP contribution in [0, 0.1) is 5.92 Å². The largest absolute Gasteiger partial charge is 0.478 e. The molecule has 1 aromatic carbocycles. The molecule has 3 nitrogen and oxygen atoms in total. The lowest BCUT2D eigenvalue weighted by Gasteiger charge is -2.11. The van der Waals surface area contributed by atoms with Crippen molar-refractivity contribution in [2.45, 2.75) is 20.3 Å². The van der Waals surface area contributed by atoms with Crippen LogP contribution in [0.25, 0.3) is 10.9 Å². The van der Waals surface area contributed by atoms with Gasteiger partial charge in [0, 0.05) is 16.6 Å². The van der Waals surface area contributed by atoms with E-state index in [9.17, 15) is 9.90 Å². The molecular weight excluding hydrogens is 250 g/mol. The molecule has 2 rings (SSSR count). The molecule has 2 aromatic rings. The first-order chi connectivity index (χ1) is 8.49. The fraction of sp³-hybridized carbons (Fsp3) is 0.286. The second-order valence-electron chi connectivity index (χ2n) is 4.72. The summed E-state index contributed by atoms with van der Waals surface area (Å²) in [5.74, 6) is -0.554. The molecule has 18 heavy (non-hydrogen) atoms. The van der Waals surface area contributed by atoms with E-state index in [1.807, 2.05) is 13.8 Å². The highest BCUT2D eigenvalue weighted by Crippen LogP contribution is 2.25. The summed E-state index contributed by atoms with van der Waals surface area (Å²) in [7, 11) is 0. The van der Waals surface area contributed by atoms with Gasteiger partial charge in [-0.3, -0.25) is 4.98 Å². The molecule has 0 amide bonds. The quantitative estimate of drug-likeness (QED) is 0.917. The number of carboxylic acids is 1. The zero-order valence-electron chi connectivity index (χ0n) is 10.3. The Morgan fingerprint density at radius 1 is 1.44 bits per heavy atom. The van der Waals surface area contributed by atoms with Gasteiger partial charge in [0.2, 0.25) is 0 Å². The summed E-state index contributed by atoms with van der Waals surface area (Å²) in [4.78, 5) is 15.8. The van der Waals surface area contributed by atoms with Gasteiger partial charge in [-0.2, -0.15) is 0 Å². The summed E-state index contributed by atoms with van der Waals surface area (Å²) < 4.78 is 0. The van der Waals surface area contributed by atoms with Crippen LogP contribution in [0.5, 0.6) is 0 Å². The van der Waals surface area contributed by atoms with E-state index >= 15 is 0 Å². The minimum absolute atomic E-state index is 0.316. The topological polar surface area (TPSA) is 50.2 Å². The molecule has 0 aliphatic carbocycles. The average Bonchev–Trinajstić information content (AvgIpc) is 2.26. The standard InChI is InChI=1S/C14H14ClNO2/c1-8(2)5-9-7-16-12-4-3-10(15)6-11(12)13(9)14(17)18/h3-4,6-8H,5H2,1-2H3,(H,17,18). The van der Waals surface area contributed by atoms with Crippen LogP contribution in [0.4, 0.5) is 0 Å². The Kier molecular flexibility index (Phi) is 3.53. The van der Waals surface area contributed by atoms with Crippen LogP contribution in [0.2, 0.25) is 5.02 Å². The number of aromatic carboxylic acids is 1. The number of benzene rings is 1. The smallest absolute Gasteiger partial charge is 0.336 e. The normalized spacial score (nSPS) is 11.1. The number of nitrogens with zero attached hydrogens (tertiary/aromatic N) is 1. The van der Waals surface area contributed by atoms with Crippen molar-refractivity contribution < 1.29 is 9.90 Å². The fourth-order valence-corrected chi connectivity index (χ4v) is 2.23. The molecule has 0 spiro atoms. The summed E-state index contributed by atoms with van der Waals surface area (Å²) in [6.07, 6.45) is 2.34. The second kappa shape index (κ2) is 4.94. The molecule has 1 aromatic heterocycles. The molecule has 0 saturated heterocycles. The molecule has 4 heteroatoms. The van der Waals surface area contributed by atoms with Gasteiger partial charge in [0.25, 0.3) is 0 Å². The first kappa shape index (κ1) is 12.8. The monoisotopic (exact) mass is 263 g/mol. The third-order valence-electron chi connectivity index (χ3n) is 2.75. The molecule has 0 atom stereocenters. The van der Waals surface area contributed by atoms with Gasteiger partial charge < -0.3 is 5.11 Å². The van der Waals surface area contributed by atoms with Crippen molar-refractivity contribution in [1.82, 2.24) is 4.98 Å². The van der Waals surface area contributed by atoms with Gasteiger partial charge in [0.1, 0.15) is 0 Å². The van der Waals surface area contributed by atoms with Crippen LogP contribution in [0.1, 0.15) is 29.8 Å². The minimum Gasteiger partial charge on any atom is -0.478 e. The summed E-state index contributed by atoms with van der Waals surface area (Å²) in [6, 6.07) is 5.12. The Morgan fingerprint density at radius 3 is 2.78 bits per heavy atom. The number of pyridine rings is 1. The molecule has 0 unspecified atom stereocenters. The molecule has 0 radical (unpaired) electrons. The Hall–Kier alpha value is -1.61. The summed E-state index contributed by atoms with van der Waals surface area (Å²) in [5.41, 5.74) is 1.73. The third kappa shape index (κ3) is 2.46. The summed E-state index contributed by atoms with van der Waals surface area (Å²) in [6.45, 7) is 4.10. The Labute approximate surface area is 110 Å². The first-order valence-corrected chi connectivity index (χ1v) is 6.17. The van der Waals surface area contributed by atoms with Gasteiger partial charge in [-0.05, 0) is 36.1 Å². The number of rotatable bonds is 3. The number of carboxylic acid groups (broad SMARTS) is 1. The van der Waals surface area contributed by atoms with Crippen LogP contribution >= 0.6 is 11.6 Å². The summed E-state index contributed by atoms with van der Waals surface area (Å²) in [5, 5.41) is 10.5. The van der Waals surface area contributed by atoms with E-state index < -0.39 is 5.97 Å². The number of aromatic nitrogens is 1. The molecule has 0 saturated carbocycles. The summed E-state index contributed by atoms with van der Waals surface area (Å²) >= 11 is 5.93. The molecule has 1 N–H and O–H groups in total. The highest BCUT2D eigenvalue weighted by Gasteiger charge is 2.16. The van der Waals surface area contributed by atoms with Gasteiger partial charge in [-0.25, -0.2) is 4.79 Å². The number of hydrogen-bond donors (Lipinski definition) is 1. The van der Waals surface area contributed by atoms with Crippen molar-refractivity contribution in [3.05, 3.63) is 40.5 Å². The van der Waals surface area contributed by atoms with Gasteiger partial charge in [0.15, 0.2) is 0 Å². The number of halogens is 1. The Balaban J connectivity index is 2.72. The van der Waals surface area contributed by atoms with E-state index in [2.05, 4.69) is 4.98 Å². The SMILES string of the molecule is CC(C)Cc1cnc2ccc(Cl)cc2c1C(=O)O. The predicted octanol–water partition coefficient (Wildman–Crippen LogP) is 3.78. The number of carbonyl (C=O) groups is 1. The average molecular weight is 264 g/mol. The molecule has 0 aliphatic heterocycles. The molecule has 1 heterocycles. The van der Waals surface area contributed by atoms with Crippen molar-refractivity contribution >= 4 is 28.5 Å². The van der Waals surface area contributed by atoms with E-state index in [1.165, 1.54) is 0 Å². The zero-order chi connectivity index (χ0) is 13.3. The van der Waals surface area contributed by atoms with Crippen LogP contribution < -0.4 is 0 Å². The van der Waals surface area contributed by atoms with Crippen LogP contribution in [-0.2, 0) is 6.42 Å². The lowest BCUT2D eigenvalue weighted by Crippen LogP contribution is -2.07. The second-order valence-corrected chi connectivity index (χ2v) is 5.16. The Bertz CT molecular complexity index is 608.